The number of H-pyrrole nitrogens is 1. The molecule has 4 rings (SSSR count). The molecule has 24 heavy (non-hydrogen) atoms. The average Bonchev–Trinajstić information content (AvgIpc) is 3.09. The largest absolute Gasteiger partial charge is 0.382 e. The van der Waals surface area contributed by atoms with Crippen LogP contribution in [-0.4, -0.2) is 19.4 Å². The highest BCUT2D eigenvalue weighted by atomic mass is 15.1. The first-order chi connectivity index (χ1) is 11.4. The molecule has 0 fully saturated rings. The fourth-order valence-corrected chi connectivity index (χ4v) is 3.22. The van der Waals surface area contributed by atoms with Gasteiger partial charge in [-0.15, -0.1) is 0 Å². The monoisotopic (exact) mass is 319 g/mol. The zero-order valence-electron chi connectivity index (χ0n) is 14.4. The predicted octanol–water partition coefficient (Wildman–Crippen LogP) is 4.07. The van der Waals surface area contributed by atoms with Crippen molar-refractivity contribution >= 4 is 22.2 Å². The minimum Gasteiger partial charge on any atom is -0.382 e. The van der Waals surface area contributed by atoms with Crippen molar-refractivity contribution in [3.63, 3.8) is 0 Å². The van der Waals surface area contributed by atoms with Crippen molar-refractivity contribution in [2.24, 2.45) is 0 Å². The zero-order valence-corrected chi connectivity index (χ0v) is 14.4. The molecule has 4 aromatic rings. The van der Waals surface area contributed by atoms with Gasteiger partial charge in [0.15, 0.2) is 0 Å². The number of nitrogen functional groups attached to an aromatic ring is 1. The van der Waals surface area contributed by atoms with Gasteiger partial charge in [-0.3, -0.25) is 4.40 Å². The van der Waals surface area contributed by atoms with Crippen LogP contribution in [0.1, 0.15) is 32.2 Å². The lowest BCUT2D eigenvalue weighted by molar-refractivity contribution is 0.543. The van der Waals surface area contributed by atoms with Gasteiger partial charge in [-0.25, -0.2) is 9.97 Å². The first-order valence-corrected chi connectivity index (χ1v) is 8.08. The van der Waals surface area contributed by atoms with Gasteiger partial charge in [-0.2, -0.15) is 0 Å². The molecule has 5 nitrogen and oxygen atoms in total. The SMILES string of the molecule is Cc1cccc2[nH]c(-c3nc(C(C)(C)C)n4ccnc(N)c34)cc12. The van der Waals surface area contributed by atoms with Crippen molar-refractivity contribution in [3.8, 4) is 11.4 Å². The summed E-state index contributed by atoms with van der Waals surface area (Å²) in [7, 11) is 0. The number of aromatic amines is 1. The van der Waals surface area contributed by atoms with Crippen LogP contribution in [0, 0.1) is 6.92 Å². The van der Waals surface area contributed by atoms with Gasteiger partial charge < -0.3 is 10.7 Å². The molecular formula is C19H21N5. The van der Waals surface area contributed by atoms with E-state index in [0.29, 0.717) is 5.82 Å². The summed E-state index contributed by atoms with van der Waals surface area (Å²) in [5, 5.41) is 1.20. The van der Waals surface area contributed by atoms with Crippen LogP contribution in [0.15, 0.2) is 36.7 Å². The minimum absolute atomic E-state index is 0.100. The van der Waals surface area contributed by atoms with E-state index < -0.39 is 0 Å². The van der Waals surface area contributed by atoms with Crippen molar-refractivity contribution in [1.29, 1.82) is 0 Å². The Bertz CT molecular complexity index is 1060. The molecule has 0 aliphatic rings. The number of nitrogens with two attached hydrogens (primary N) is 1. The Morgan fingerprint density at radius 2 is 2.00 bits per heavy atom. The van der Waals surface area contributed by atoms with Crippen LogP contribution in [0.25, 0.3) is 27.8 Å². The Morgan fingerprint density at radius 3 is 2.71 bits per heavy atom. The van der Waals surface area contributed by atoms with E-state index in [1.54, 1.807) is 6.20 Å². The quantitative estimate of drug-likeness (QED) is 0.555. The van der Waals surface area contributed by atoms with Crippen LogP contribution in [0.5, 0.6) is 0 Å². The Hall–Kier alpha value is -2.82. The molecule has 3 aromatic heterocycles. The third-order valence-corrected chi connectivity index (χ3v) is 4.39. The molecule has 0 atom stereocenters. The number of imidazole rings is 1. The number of nitrogens with one attached hydrogen (secondary N) is 1. The molecule has 0 saturated carbocycles. The summed E-state index contributed by atoms with van der Waals surface area (Å²) in [6, 6.07) is 8.39. The summed E-state index contributed by atoms with van der Waals surface area (Å²) in [6.45, 7) is 8.56. The second-order valence-corrected chi connectivity index (χ2v) is 7.28. The van der Waals surface area contributed by atoms with Crippen molar-refractivity contribution in [3.05, 3.63) is 48.0 Å². The van der Waals surface area contributed by atoms with Crippen LogP contribution in [0.2, 0.25) is 0 Å². The smallest absolute Gasteiger partial charge is 0.150 e. The van der Waals surface area contributed by atoms with E-state index >= 15 is 0 Å². The number of aromatic nitrogens is 4. The molecule has 1 aromatic carbocycles. The molecule has 3 N–H and O–H groups in total. The fraction of sp³-hybridized carbons (Fsp3) is 0.263. The molecule has 0 amide bonds. The van der Waals surface area contributed by atoms with Crippen LogP contribution in [-0.2, 0) is 5.41 Å². The van der Waals surface area contributed by atoms with Gasteiger partial charge in [0.2, 0.25) is 0 Å². The predicted molar refractivity (Wildman–Crippen MR) is 98.1 cm³/mol. The maximum atomic E-state index is 6.19. The Balaban J connectivity index is 2.07. The molecule has 3 heterocycles. The Kier molecular flexibility index (Phi) is 2.97. The number of hydrogen-bond acceptors (Lipinski definition) is 3. The van der Waals surface area contributed by atoms with E-state index in [-0.39, 0.29) is 5.41 Å². The number of rotatable bonds is 1. The molecule has 5 heteroatoms. The van der Waals surface area contributed by atoms with Crippen LogP contribution in [0.4, 0.5) is 5.82 Å². The number of fused-ring (bicyclic) bond motifs is 2. The zero-order chi connectivity index (χ0) is 17.1. The number of hydrogen-bond donors (Lipinski definition) is 2. The van der Waals surface area contributed by atoms with E-state index in [1.165, 1.54) is 10.9 Å². The molecule has 0 aliphatic heterocycles. The molecular weight excluding hydrogens is 298 g/mol. The highest BCUT2D eigenvalue weighted by molar-refractivity contribution is 5.92. The molecule has 0 saturated heterocycles. The molecule has 0 unspecified atom stereocenters. The van der Waals surface area contributed by atoms with Crippen molar-refractivity contribution < 1.29 is 0 Å². The normalized spacial score (nSPS) is 12.3. The minimum atomic E-state index is -0.100. The Morgan fingerprint density at radius 1 is 1.21 bits per heavy atom. The van der Waals surface area contributed by atoms with Crippen molar-refractivity contribution in [2.75, 3.05) is 5.73 Å². The van der Waals surface area contributed by atoms with Crippen molar-refractivity contribution in [2.45, 2.75) is 33.1 Å². The summed E-state index contributed by atoms with van der Waals surface area (Å²) in [5.74, 6) is 1.46. The van der Waals surface area contributed by atoms with Gasteiger partial charge >= 0.3 is 0 Å². The first-order valence-electron chi connectivity index (χ1n) is 8.08. The number of aryl methyl sites for hydroxylation is 1. The maximum Gasteiger partial charge on any atom is 0.150 e. The third-order valence-electron chi connectivity index (χ3n) is 4.39. The lowest BCUT2D eigenvalue weighted by Crippen LogP contribution is -2.16. The van der Waals surface area contributed by atoms with Gasteiger partial charge in [-0.05, 0) is 24.6 Å². The summed E-state index contributed by atoms with van der Waals surface area (Å²) < 4.78 is 2.05. The van der Waals surface area contributed by atoms with Gasteiger partial charge in [0.25, 0.3) is 0 Å². The van der Waals surface area contributed by atoms with E-state index in [4.69, 9.17) is 10.7 Å². The van der Waals surface area contributed by atoms with Gasteiger partial charge in [0.05, 0.1) is 5.69 Å². The average molecular weight is 319 g/mol. The molecule has 0 radical (unpaired) electrons. The summed E-state index contributed by atoms with van der Waals surface area (Å²) in [4.78, 5) is 12.7. The van der Waals surface area contributed by atoms with Crippen molar-refractivity contribution in [1.82, 2.24) is 19.4 Å². The first kappa shape index (κ1) is 14.8. The second kappa shape index (κ2) is 4.84. The summed E-state index contributed by atoms with van der Waals surface area (Å²) in [6.07, 6.45) is 3.65. The lowest BCUT2D eigenvalue weighted by Gasteiger charge is -2.16. The molecule has 122 valence electrons. The standard InChI is InChI=1S/C19H21N5/c1-11-6-5-7-13-12(11)10-14(22-13)15-16-17(20)21-8-9-24(16)18(23-15)19(2,3)4/h5-10,22H,1-4H3,(H2,20,21). The lowest BCUT2D eigenvalue weighted by atomic mass is 9.96. The molecule has 0 bridgehead atoms. The highest BCUT2D eigenvalue weighted by Crippen LogP contribution is 2.34. The highest BCUT2D eigenvalue weighted by Gasteiger charge is 2.25. The number of anilines is 1. The van der Waals surface area contributed by atoms with Gasteiger partial charge in [-0.1, -0.05) is 32.9 Å². The summed E-state index contributed by atoms with van der Waals surface area (Å²) in [5.41, 5.74) is 11.1. The van der Waals surface area contributed by atoms with E-state index in [9.17, 15) is 0 Å². The molecule has 0 aliphatic carbocycles. The van der Waals surface area contributed by atoms with E-state index in [2.05, 4.69) is 66.3 Å². The third kappa shape index (κ3) is 2.08. The van der Waals surface area contributed by atoms with Gasteiger partial charge in [0, 0.05) is 28.7 Å². The fourth-order valence-electron chi connectivity index (χ4n) is 3.22. The summed E-state index contributed by atoms with van der Waals surface area (Å²) >= 11 is 0. The van der Waals surface area contributed by atoms with Crippen LogP contribution < -0.4 is 5.73 Å². The Labute approximate surface area is 140 Å². The van der Waals surface area contributed by atoms with E-state index in [0.717, 1.165) is 28.2 Å². The van der Waals surface area contributed by atoms with Crippen LogP contribution >= 0.6 is 0 Å². The van der Waals surface area contributed by atoms with E-state index in [1.807, 2.05) is 6.20 Å². The maximum absolute atomic E-state index is 6.19. The number of nitrogens with zero attached hydrogens (tertiary/aromatic N) is 3. The van der Waals surface area contributed by atoms with Gasteiger partial charge in [0.1, 0.15) is 22.9 Å². The molecule has 0 spiro atoms. The second-order valence-electron chi connectivity index (χ2n) is 7.28. The topological polar surface area (TPSA) is 72.0 Å². The van der Waals surface area contributed by atoms with Crippen LogP contribution in [0.3, 0.4) is 0 Å². The number of benzene rings is 1.